The lowest BCUT2D eigenvalue weighted by Crippen LogP contribution is -2.43. The van der Waals surface area contributed by atoms with Crippen LogP contribution in [0.2, 0.25) is 0 Å². The molecule has 3 rings (SSSR count). The second-order valence-electron chi connectivity index (χ2n) is 6.04. The van der Waals surface area contributed by atoms with Gasteiger partial charge in [0, 0.05) is 12.5 Å². The van der Waals surface area contributed by atoms with Gasteiger partial charge in [0.1, 0.15) is 6.04 Å². The molecule has 0 aliphatic carbocycles. The topological polar surface area (TPSA) is 77.7 Å². The highest BCUT2D eigenvalue weighted by Gasteiger charge is 2.34. The van der Waals surface area contributed by atoms with Crippen LogP contribution in [0.3, 0.4) is 0 Å². The Morgan fingerprint density at radius 3 is 2.88 bits per heavy atom. The van der Waals surface area contributed by atoms with E-state index in [1.807, 2.05) is 13.8 Å². The lowest BCUT2D eigenvalue weighted by atomic mass is 10.1. The van der Waals surface area contributed by atoms with E-state index < -0.39 is 17.8 Å². The van der Waals surface area contributed by atoms with Crippen LogP contribution < -0.4 is 4.74 Å². The summed E-state index contributed by atoms with van der Waals surface area (Å²) in [5.41, 5.74) is -0.0603. The van der Waals surface area contributed by atoms with Gasteiger partial charge in [-0.05, 0) is 12.1 Å². The highest BCUT2D eigenvalue weighted by molar-refractivity contribution is 5.95. The zero-order valence-electron chi connectivity index (χ0n) is 14.4. The smallest absolute Gasteiger partial charge is 0.257 e. The Morgan fingerprint density at radius 2 is 2.20 bits per heavy atom. The molecule has 1 fully saturated rings. The zero-order valence-corrected chi connectivity index (χ0v) is 14.4. The third-order valence-corrected chi connectivity index (χ3v) is 4.04. The van der Waals surface area contributed by atoms with Crippen molar-refractivity contribution in [2.75, 3.05) is 26.9 Å². The predicted octanol–water partition coefficient (Wildman–Crippen LogP) is 2.55. The second-order valence-corrected chi connectivity index (χ2v) is 6.04. The summed E-state index contributed by atoms with van der Waals surface area (Å²) >= 11 is 0. The van der Waals surface area contributed by atoms with Crippen molar-refractivity contribution in [3.05, 3.63) is 41.4 Å². The van der Waals surface area contributed by atoms with Crippen LogP contribution in [-0.2, 0) is 4.74 Å². The molecule has 1 saturated heterocycles. The first-order chi connectivity index (χ1) is 12.0. The SMILES string of the molecule is COc1cccc(C(=O)N2CCOCC2c2nnc(C(C)C)o2)c1F. The van der Waals surface area contributed by atoms with Crippen molar-refractivity contribution in [2.45, 2.75) is 25.8 Å². The molecule has 25 heavy (non-hydrogen) atoms. The minimum absolute atomic E-state index is 0.0237. The summed E-state index contributed by atoms with van der Waals surface area (Å²) in [6.45, 7) is 4.75. The van der Waals surface area contributed by atoms with Crippen molar-refractivity contribution in [1.29, 1.82) is 0 Å². The van der Waals surface area contributed by atoms with Crippen molar-refractivity contribution in [3.8, 4) is 5.75 Å². The van der Waals surface area contributed by atoms with Crippen molar-refractivity contribution in [3.63, 3.8) is 0 Å². The van der Waals surface area contributed by atoms with E-state index in [4.69, 9.17) is 13.9 Å². The Bertz CT molecular complexity index is 762. The number of methoxy groups -OCH3 is 1. The molecule has 1 aromatic heterocycles. The van der Waals surface area contributed by atoms with Gasteiger partial charge in [-0.2, -0.15) is 0 Å². The van der Waals surface area contributed by atoms with Crippen LogP contribution in [0.15, 0.2) is 22.6 Å². The number of hydrogen-bond acceptors (Lipinski definition) is 6. The van der Waals surface area contributed by atoms with E-state index in [0.717, 1.165) is 0 Å². The van der Waals surface area contributed by atoms with Gasteiger partial charge in [-0.3, -0.25) is 4.79 Å². The lowest BCUT2D eigenvalue weighted by molar-refractivity contribution is -0.0110. The molecule has 1 aliphatic rings. The quantitative estimate of drug-likeness (QED) is 0.844. The molecule has 0 spiro atoms. The molecule has 2 heterocycles. The third-order valence-electron chi connectivity index (χ3n) is 4.04. The van der Waals surface area contributed by atoms with E-state index in [9.17, 15) is 9.18 Å². The molecule has 7 nitrogen and oxygen atoms in total. The summed E-state index contributed by atoms with van der Waals surface area (Å²) in [7, 11) is 1.36. The Balaban J connectivity index is 1.91. The maximum atomic E-state index is 14.5. The summed E-state index contributed by atoms with van der Waals surface area (Å²) in [6.07, 6.45) is 0. The van der Waals surface area contributed by atoms with E-state index in [1.165, 1.54) is 24.1 Å². The number of morpholine rings is 1. The fourth-order valence-electron chi connectivity index (χ4n) is 2.65. The van der Waals surface area contributed by atoms with Crippen LogP contribution in [0.25, 0.3) is 0 Å². The predicted molar refractivity (Wildman–Crippen MR) is 85.9 cm³/mol. The minimum atomic E-state index is -0.686. The van der Waals surface area contributed by atoms with E-state index in [2.05, 4.69) is 10.2 Å². The molecular formula is C17H20FN3O4. The number of rotatable bonds is 4. The second kappa shape index (κ2) is 7.18. The Kier molecular flexibility index (Phi) is 4.98. The van der Waals surface area contributed by atoms with Crippen LogP contribution in [0.1, 0.15) is 47.9 Å². The molecule has 1 atom stereocenters. The molecule has 0 N–H and O–H groups in total. The van der Waals surface area contributed by atoms with E-state index >= 15 is 0 Å². The number of halogens is 1. The van der Waals surface area contributed by atoms with E-state index in [0.29, 0.717) is 24.9 Å². The van der Waals surface area contributed by atoms with Gasteiger partial charge in [-0.1, -0.05) is 19.9 Å². The monoisotopic (exact) mass is 349 g/mol. The summed E-state index contributed by atoms with van der Waals surface area (Å²) in [6, 6.07) is 3.93. The van der Waals surface area contributed by atoms with Gasteiger partial charge >= 0.3 is 0 Å². The summed E-state index contributed by atoms with van der Waals surface area (Å²) in [5, 5.41) is 8.03. The number of benzene rings is 1. The summed E-state index contributed by atoms with van der Waals surface area (Å²) < 4.78 is 30.5. The van der Waals surface area contributed by atoms with Gasteiger partial charge < -0.3 is 18.8 Å². The molecule has 1 unspecified atom stereocenters. The number of aromatic nitrogens is 2. The zero-order chi connectivity index (χ0) is 18.0. The van der Waals surface area contributed by atoms with Crippen molar-refractivity contribution < 1.29 is 23.1 Å². The molecule has 134 valence electrons. The number of ether oxygens (including phenoxy) is 2. The van der Waals surface area contributed by atoms with Gasteiger partial charge in [-0.15, -0.1) is 10.2 Å². The van der Waals surface area contributed by atoms with Crippen molar-refractivity contribution in [2.24, 2.45) is 0 Å². The first-order valence-corrected chi connectivity index (χ1v) is 8.07. The Hall–Kier alpha value is -2.48. The van der Waals surface area contributed by atoms with Gasteiger partial charge in [0.15, 0.2) is 11.6 Å². The van der Waals surface area contributed by atoms with E-state index in [-0.39, 0.29) is 23.8 Å². The molecule has 8 heteroatoms. The average Bonchev–Trinajstić information content (AvgIpc) is 3.12. The average molecular weight is 349 g/mol. The highest BCUT2D eigenvalue weighted by Crippen LogP contribution is 2.28. The number of carbonyl (C=O) groups excluding carboxylic acids is 1. The molecule has 0 saturated carbocycles. The minimum Gasteiger partial charge on any atom is -0.494 e. The molecule has 0 bridgehead atoms. The van der Waals surface area contributed by atoms with Crippen LogP contribution in [0, 0.1) is 5.82 Å². The van der Waals surface area contributed by atoms with Crippen LogP contribution in [0.4, 0.5) is 4.39 Å². The molecule has 0 radical (unpaired) electrons. The fraction of sp³-hybridized carbons (Fsp3) is 0.471. The summed E-state index contributed by atoms with van der Waals surface area (Å²) in [5.74, 6) is -0.274. The molecule has 1 aromatic carbocycles. The first-order valence-electron chi connectivity index (χ1n) is 8.07. The molecular weight excluding hydrogens is 329 g/mol. The number of amides is 1. The lowest BCUT2D eigenvalue weighted by Gasteiger charge is -2.33. The van der Waals surface area contributed by atoms with Crippen LogP contribution in [-0.4, -0.2) is 47.9 Å². The maximum absolute atomic E-state index is 14.5. The van der Waals surface area contributed by atoms with Crippen LogP contribution >= 0.6 is 0 Å². The van der Waals surface area contributed by atoms with Gasteiger partial charge in [0.05, 0.1) is 25.9 Å². The highest BCUT2D eigenvalue weighted by atomic mass is 19.1. The number of hydrogen-bond donors (Lipinski definition) is 0. The molecule has 1 amide bonds. The van der Waals surface area contributed by atoms with Gasteiger partial charge in [0.25, 0.3) is 5.91 Å². The molecule has 1 aliphatic heterocycles. The van der Waals surface area contributed by atoms with Crippen LogP contribution in [0.5, 0.6) is 5.75 Å². The van der Waals surface area contributed by atoms with E-state index in [1.54, 1.807) is 6.07 Å². The van der Waals surface area contributed by atoms with Gasteiger partial charge in [0.2, 0.25) is 11.8 Å². The fourth-order valence-corrected chi connectivity index (χ4v) is 2.65. The maximum Gasteiger partial charge on any atom is 0.257 e. The third kappa shape index (κ3) is 3.34. The first kappa shape index (κ1) is 17.3. The van der Waals surface area contributed by atoms with Crippen molar-refractivity contribution >= 4 is 5.91 Å². The standard InChI is InChI=1S/C17H20FN3O4/c1-10(2)15-19-20-16(25-15)12-9-24-8-7-21(12)17(22)11-5-4-6-13(23-3)14(11)18/h4-6,10,12H,7-9H2,1-3H3. The van der Waals surface area contributed by atoms with Crippen molar-refractivity contribution in [1.82, 2.24) is 15.1 Å². The largest absolute Gasteiger partial charge is 0.494 e. The Labute approximate surface area is 144 Å². The Morgan fingerprint density at radius 1 is 1.40 bits per heavy atom. The van der Waals surface area contributed by atoms with Gasteiger partial charge in [-0.25, -0.2) is 4.39 Å². The number of nitrogens with zero attached hydrogens (tertiary/aromatic N) is 3. The normalized spacial score (nSPS) is 17.8. The summed E-state index contributed by atoms with van der Waals surface area (Å²) in [4.78, 5) is 14.4. The molecule has 2 aromatic rings. The number of carbonyl (C=O) groups is 1.